The van der Waals surface area contributed by atoms with Crippen molar-refractivity contribution >= 4 is 51.2 Å². The summed E-state index contributed by atoms with van der Waals surface area (Å²) in [5.74, 6) is 3.14. The maximum absolute atomic E-state index is 6.67. The first kappa shape index (κ1) is 23.4. The van der Waals surface area contributed by atoms with Crippen LogP contribution in [-0.2, 0) is 4.74 Å². The molecular weight excluding hydrogens is 521 g/mol. The number of nitrogens with zero attached hydrogens (tertiary/aromatic N) is 2. The number of methoxy groups -OCH3 is 1. The van der Waals surface area contributed by atoms with Crippen LogP contribution in [0.3, 0.4) is 0 Å². The van der Waals surface area contributed by atoms with Gasteiger partial charge < -0.3 is 14.2 Å². The molecule has 0 aliphatic heterocycles. The van der Waals surface area contributed by atoms with Crippen LogP contribution in [0.5, 0.6) is 23.0 Å². The van der Waals surface area contributed by atoms with E-state index >= 15 is 0 Å². The average Bonchev–Trinajstić information content (AvgIpc) is 3.73. The number of aromatic nitrogens is 2. The van der Waals surface area contributed by atoms with E-state index in [1.807, 2.05) is 77.5 Å². The van der Waals surface area contributed by atoms with Gasteiger partial charge in [0.2, 0.25) is 0 Å². The van der Waals surface area contributed by atoms with Crippen molar-refractivity contribution in [2.24, 2.45) is 0 Å². The van der Waals surface area contributed by atoms with E-state index in [0.717, 1.165) is 37.5 Å². The van der Waals surface area contributed by atoms with Crippen LogP contribution in [-0.4, -0.2) is 15.9 Å². The van der Waals surface area contributed by atoms with Crippen molar-refractivity contribution in [2.45, 2.75) is 0 Å². The van der Waals surface area contributed by atoms with Crippen LogP contribution in [0, 0.1) is 0 Å². The molecule has 0 atom stereocenters. The second-order valence-corrected chi connectivity index (χ2v) is 10.4. The van der Waals surface area contributed by atoms with Crippen LogP contribution in [0.2, 0.25) is 0 Å². The average molecular weight is 541 g/mol. The highest BCUT2D eigenvalue weighted by atomic mass is 32.1. The summed E-state index contributed by atoms with van der Waals surface area (Å²) in [6.07, 6.45) is 0. The first-order valence-electron chi connectivity index (χ1n) is 11.4. The molecule has 8 heteroatoms. The lowest BCUT2D eigenvalue weighted by molar-refractivity contribution is 0.371. The fourth-order valence-electron chi connectivity index (χ4n) is 4.00. The molecule has 0 radical (unpaired) electrons. The Morgan fingerprint density at radius 3 is 1.70 bits per heavy atom. The number of hydrogen-bond acceptors (Lipinski definition) is 8. The second-order valence-electron chi connectivity index (χ2n) is 7.99. The molecule has 0 unspecified atom stereocenters. The Balaban J connectivity index is 1.62. The summed E-state index contributed by atoms with van der Waals surface area (Å²) in [5.41, 5.74) is 4.18. The molecule has 0 bridgehead atoms. The molecule has 5 nitrogen and oxygen atoms in total. The number of thiophene rings is 2. The third-order valence-electron chi connectivity index (χ3n) is 5.76. The Morgan fingerprint density at radius 1 is 0.676 bits per heavy atom. The van der Waals surface area contributed by atoms with E-state index in [1.54, 1.807) is 29.8 Å². The maximum Gasteiger partial charge on any atom is 0.181 e. The summed E-state index contributed by atoms with van der Waals surface area (Å²) < 4.78 is 28.0. The fourth-order valence-corrected chi connectivity index (χ4v) is 6.10. The van der Waals surface area contributed by atoms with Crippen molar-refractivity contribution in [3.8, 4) is 43.9 Å². The van der Waals surface area contributed by atoms with Gasteiger partial charge in [-0.05, 0) is 59.3 Å². The van der Waals surface area contributed by atoms with Crippen LogP contribution >= 0.6 is 34.4 Å². The molecule has 0 amide bonds. The highest BCUT2D eigenvalue weighted by molar-refractivity contribution is 7.14. The Bertz CT molecular complexity index is 1660. The Hall–Kier alpha value is -3.98. The summed E-state index contributed by atoms with van der Waals surface area (Å²) in [7, 11) is 1.61. The minimum Gasteiger partial charge on any atom is -0.497 e. The molecule has 0 saturated heterocycles. The van der Waals surface area contributed by atoms with E-state index < -0.39 is 0 Å². The summed E-state index contributed by atoms with van der Waals surface area (Å²) in [5, 5.41) is 4.09. The quantitative estimate of drug-likeness (QED) is 0.180. The molecule has 0 aliphatic rings. The zero-order valence-corrected chi connectivity index (χ0v) is 22.2. The lowest BCUT2D eigenvalue weighted by Crippen LogP contribution is -1.98. The normalized spacial score (nSPS) is 10.9. The third kappa shape index (κ3) is 4.51. The maximum atomic E-state index is 6.67. The molecule has 182 valence electrons. The molecule has 6 aromatic rings. The molecule has 3 aromatic carbocycles. The molecule has 0 fully saturated rings. The van der Waals surface area contributed by atoms with Crippen molar-refractivity contribution in [2.75, 3.05) is 7.11 Å². The van der Waals surface area contributed by atoms with Crippen molar-refractivity contribution < 1.29 is 14.2 Å². The van der Waals surface area contributed by atoms with Gasteiger partial charge in [0, 0.05) is 15.3 Å². The standard InChI is InChI=1S/C29H20N2O3S3/c1-18(32-2)19-12-14-21(15-13-19)34-29-25(23-11-7-17-36-23)27-26(30-37-31-27)24(22-10-6-16-35-22)28(29)33-20-8-4-3-5-9-20/h3-17H,1H2,2H3. The minimum absolute atomic E-state index is 0.591. The number of ether oxygens (including phenoxy) is 3. The Labute approximate surface area is 226 Å². The van der Waals surface area contributed by atoms with Crippen molar-refractivity contribution in [3.63, 3.8) is 0 Å². The zero-order chi connectivity index (χ0) is 25.2. The van der Waals surface area contributed by atoms with Crippen LogP contribution in [0.25, 0.3) is 37.7 Å². The molecule has 3 heterocycles. The number of benzene rings is 3. The van der Waals surface area contributed by atoms with Gasteiger partial charge in [-0.1, -0.05) is 36.9 Å². The van der Waals surface area contributed by atoms with Crippen LogP contribution in [0.4, 0.5) is 0 Å². The number of hydrogen-bond donors (Lipinski definition) is 0. The zero-order valence-electron chi connectivity index (χ0n) is 19.7. The van der Waals surface area contributed by atoms with Gasteiger partial charge in [-0.25, -0.2) is 0 Å². The molecule has 0 spiro atoms. The number of rotatable bonds is 8. The fraction of sp³-hybridized carbons (Fsp3) is 0.0345. The van der Waals surface area contributed by atoms with Gasteiger partial charge in [-0.3, -0.25) is 0 Å². The van der Waals surface area contributed by atoms with E-state index in [-0.39, 0.29) is 0 Å². The molecule has 3 aromatic heterocycles. The van der Waals surface area contributed by atoms with Gasteiger partial charge in [0.1, 0.15) is 28.3 Å². The summed E-state index contributed by atoms with van der Waals surface area (Å²) in [6.45, 7) is 3.94. The monoisotopic (exact) mass is 540 g/mol. The number of para-hydroxylation sites is 1. The first-order valence-corrected chi connectivity index (χ1v) is 13.9. The predicted octanol–water partition coefficient (Wildman–Crippen LogP) is 9.35. The molecule has 0 aliphatic carbocycles. The van der Waals surface area contributed by atoms with Gasteiger partial charge >= 0.3 is 0 Å². The van der Waals surface area contributed by atoms with E-state index in [9.17, 15) is 0 Å². The van der Waals surface area contributed by atoms with Crippen LogP contribution in [0.15, 0.2) is 96.2 Å². The second kappa shape index (κ2) is 10.2. The summed E-state index contributed by atoms with van der Waals surface area (Å²) in [4.78, 5) is 2.05. The Kier molecular flexibility index (Phi) is 6.44. The molecule has 0 saturated carbocycles. The van der Waals surface area contributed by atoms with Gasteiger partial charge in [0.15, 0.2) is 11.5 Å². The Morgan fingerprint density at radius 2 is 1.22 bits per heavy atom. The first-order chi connectivity index (χ1) is 18.2. The van der Waals surface area contributed by atoms with Crippen LogP contribution in [0.1, 0.15) is 5.56 Å². The van der Waals surface area contributed by atoms with Crippen molar-refractivity contribution in [1.29, 1.82) is 0 Å². The smallest absolute Gasteiger partial charge is 0.181 e. The van der Waals surface area contributed by atoms with Crippen molar-refractivity contribution in [1.82, 2.24) is 8.75 Å². The molecule has 6 rings (SSSR count). The van der Waals surface area contributed by atoms with E-state index in [2.05, 4.69) is 18.7 Å². The van der Waals surface area contributed by atoms with Crippen molar-refractivity contribution in [3.05, 3.63) is 102 Å². The van der Waals surface area contributed by atoms with E-state index in [1.165, 1.54) is 11.7 Å². The van der Waals surface area contributed by atoms with Gasteiger partial charge in [0.25, 0.3) is 0 Å². The topological polar surface area (TPSA) is 53.5 Å². The number of fused-ring (bicyclic) bond motifs is 1. The SMILES string of the molecule is C=C(OC)c1ccc(Oc2c(Oc3ccccc3)c(-c3cccs3)c3nsnc3c2-c2cccs2)cc1. The summed E-state index contributed by atoms with van der Waals surface area (Å²) >= 11 is 4.44. The highest BCUT2D eigenvalue weighted by Crippen LogP contribution is 2.54. The van der Waals surface area contributed by atoms with Crippen LogP contribution < -0.4 is 9.47 Å². The molecular formula is C29H20N2O3S3. The van der Waals surface area contributed by atoms with Gasteiger partial charge in [0.05, 0.1) is 30.0 Å². The third-order valence-corrected chi connectivity index (χ3v) is 8.07. The minimum atomic E-state index is 0.591. The van der Waals surface area contributed by atoms with Gasteiger partial charge in [-0.15, -0.1) is 22.7 Å². The predicted molar refractivity (Wildman–Crippen MR) is 153 cm³/mol. The van der Waals surface area contributed by atoms with E-state index in [0.29, 0.717) is 28.8 Å². The highest BCUT2D eigenvalue weighted by Gasteiger charge is 2.29. The molecule has 0 N–H and O–H groups in total. The van der Waals surface area contributed by atoms with E-state index in [4.69, 9.17) is 23.0 Å². The lowest BCUT2D eigenvalue weighted by atomic mass is 10.0. The lowest BCUT2D eigenvalue weighted by Gasteiger charge is -2.19. The van der Waals surface area contributed by atoms with Gasteiger partial charge in [-0.2, -0.15) is 8.75 Å². The largest absolute Gasteiger partial charge is 0.497 e. The molecule has 37 heavy (non-hydrogen) atoms. The summed E-state index contributed by atoms with van der Waals surface area (Å²) in [6, 6.07) is 25.5.